The van der Waals surface area contributed by atoms with E-state index < -0.39 is 6.36 Å². The third-order valence-corrected chi connectivity index (χ3v) is 8.84. The zero-order valence-electron chi connectivity index (χ0n) is 26.4. The smallest absolute Gasteiger partial charge is 0.406 e. The third kappa shape index (κ3) is 7.72. The van der Waals surface area contributed by atoms with Crippen LogP contribution >= 0.6 is 11.8 Å². The number of hydrogen-bond acceptors (Lipinski definition) is 5. The zero-order valence-corrected chi connectivity index (χ0v) is 27.2. The van der Waals surface area contributed by atoms with E-state index in [0.717, 1.165) is 29.0 Å². The van der Waals surface area contributed by atoms with Gasteiger partial charge in [0.2, 0.25) is 0 Å². The Kier molecular flexibility index (Phi) is 10.0. The van der Waals surface area contributed by atoms with Crippen LogP contribution in [0.4, 0.5) is 23.7 Å². The van der Waals surface area contributed by atoms with Crippen molar-refractivity contribution in [1.29, 1.82) is 0 Å². The van der Waals surface area contributed by atoms with E-state index in [1.165, 1.54) is 46.4 Å². The number of halogens is 3. The molecule has 2 unspecified atom stereocenters. The van der Waals surface area contributed by atoms with E-state index >= 15 is 0 Å². The van der Waals surface area contributed by atoms with Crippen molar-refractivity contribution in [3.05, 3.63) is 89.7 Å². The maximum Gasteiger partial charge on any atom is 0.573 e. The van der Waals surface area contributed by atoms with Crippen molar-refractivity contribution in [3.63, 3.8) is 0 Å². The summed E-state index contributed by atoms with van der Waals surface area (Å²) in [6.07, 6.45) is -1.60. The molecule has 2 atom stereocenters. The van der Waals surface area contributed by atoms with Crippen LogP contribution in [0.3, 0.4) is 0 Å². The van der Waals surface area contributed by atoms with Crippen molar-refractivity contribution < 1.29 is 22.7 Å². The molecule has 1 saturated heterocycles. The molecule has 1 aliphatic rings. The number of alkyl halides is 3. The second-order valence-electron chi connectivity index (χ2n) is 11.5. The molecule has 5 rings (SSSR count). The Morgan fingerprint density at radius 2 is 1.83 bits per heavy atom. The van der Waals surface area contributed by atoms with E-state index in [4.69, 9.17) is 0 Å². The van der Waals surface area contributed by atoms with Gasteiger partial charge in [-0.2, -0.15) is 4.99 Å². The Morgan fingerprint density at radius 1 is 1.11 bits per heavy atom. The minimum Gasteiger partial charge on any atom is -0.406 e. The topological polar surface area (TPSA) is 84.6 Å². The number of anilines is 1. The molecule has 1 fully saturated rings. The molecule has 0 aliphatic carbocycles. The van der Waals surface area contributed by atoms with Gasteiger partial charge < -0.3 is 15.0 Å². The number of nitrogens with zero attached hydrogens (tertiary/aromatic N) is 5. The Balaban J connectivity index is 1.29. The van der Waals surface area contributed by atoms with Crippen LogP contribution in [-0.2, 0) is 0 Å². The summed E-state index contributed by atoms with van der Waals surface area (Å²) in [4.78, 5) is 24.5. The van der Waals surface area contributed by atoms with Crippen LogP contribution in [0.5, 0.6) is 5.75 Å². The van der Waals surface area contributed by atoms with Gasteiger partial charge in [-0.05, 0) is 79.6 Å². The van der Waals surface area contributed by atoms with Crippen LogP contribution < -0.4 is 15.0 Å². The Hall–Kier alpha value is -4.32. The molecule has 1 aromatic heterocycles. The maximum absolute atomic E-state index is 13.3. The quantitative estimate of drug-likeness (QED) is 0.205. The van der Waals surface area contributed by atoms with E-state index in [1.54, 1.807) is 11.8 Å². The molecular formula is C34H37F3N6O2S. The normalized spacial score (nSPS) is 16.9. The highest BCUT2D eigenvalue weighted by atomic mass is 32.2. The van der Waals surface area contributed by atoms with Gasteiger partial charge in [-0.3, -0.25) is 0 Å². The Morgan fingerprint density at radius 3 is 2.48 bits per heavy atom. The Labute approximate surface area is 271 Å². The molecular weight excluding hydrogens is 613 g/mol. The van der Waals surface area contributed by atoms with Crippen LogP contribution in [0, 0.1) is 6.92 Å². The van der Waals surface area contributed by atoms with Gasteiger partial charge in [-0.1, -0.05) is 68.9 Å². The SMILES string of the molecule is CCC(NC(=O)/N=C1\SCCC(C)N1c1cccc(C)c1C(C)C)c1ccc(-c2ncn(-c3ccc(OC(F)(F)F)cc3)n2)cc1. The first kappa shape index (κ1) is 33.1. The molecule has 0 saturated carbocycles. The number of ether oxygens (including phenoxy) is 1. The van der Waals surface area contributed by atoms with Gasteiger partial charge in [0, 0.05) is 23.0 Å². The van der Waals surface area contributed by atoms with E-state index in [1.807, 2.05) is 31.2 Å². The monoisotopic (exact) mass is 650 g/mol. The van der Waals surface area contributed by atoms with Crippen molar-refractivity contribution in [1.82, 2.24) is 20.1 Å². The fourth-order valence-electron chi connectivity index (χ4n) is 5.63. The van der Waals surface area contributed by atoms with Crippen LogP contribution in [0.15, 0.2) is 78.0 Å². The number of rotatable bonds is 8. The molecule has 46 heavy (non-hydrogen) atoms. The van der Waals surface area contributed by atoms with Gasteiger partial charge in [-0.15, -0.1) is 18.3 Å². The molecule has 0 bridgehead atoms. The first-order valence-corrected chi connectivity index (χ1v) is 16.2. The number of thioether (sulfide) groups is 1. The number of amides is 2. The first-order chi connectivity index (χ1) is 21.9. The number of aryl methyl sites for hydroxylation is 1. The highest BCUT2D eigenvalue weighted by Gasteiger charge is 2.31. The molecule has 2 amide bonds. The third-order valence-electron chi connectivity index (χ3n) is 7.85. The first-order valence-electron chi connectivity index (χ1n) is 15.2. The number of carbonyl (C=O) groups excluding carboxylic acids is 1. The highest BCUT2D eigenvalue weighted by molar-refractivity contribution is 8.14. The van der Waals surface area contributed by atoms with Gasteiger partial charge in [0.25, 0.3) is 0 Å². The average molecular weight is 651 g/mol. The number of aliphatic imine (C=N–C) groups is 1. The predicted molar refractivity (Wildman–Crippen MR) is 177 cm³/mol. The van der Waals surface area contributed by atoms with Crippen LogP contribution in [0.1, 0.15) is 69.2 Å². The molecule has 1 aliphatic heterocycles. The molecule has 4 aromatic rings. The molecule has 242 valence electrons. The van der Waals surface area contributed by atoms with Gasteiger partial charge in [-0.25, -0.2) is 14.5 Å². The van der Waals surface area contributed by atoms with Crippen LogP contribution in [-0.4, -0.2) is 44.1 Å². The number of amidine groups is 1. The largest absolute Gasteiger partial charge is 0.573 e. The number of carbonyl (C=O) groups is 1. The van der Waals surface area contributed by atoms with E-state index in [0.29, 0.717) is 29.0 Å². The lowest BCUT2D eigenvalue weighted by Crippen LogP contribution is -2.43. The van der Waals surface area contributed by atoms with Crippen molar-refractivity contribution in [2.24, 2.45) is 4.99 Å². The molecule has 0 spiro atoms. The van der Waals surface area contributed by atoms with Crippen molar-refractivity contribution in [3.8, 4) is 22.8 Å². The molecule has 3 aromatic carbocycles. The van der Waals surface area contributed by atoms with Gasteiger partial charge >= 0.3 is 12.4 Å². The van der Waals surface area contributed by atoms with Gasteiger partial charge in [0.15, 0.2) is 11.0 Å². The minimum atomic E-state index is -4.75. The molecule has 1 N–H and O–H groups in total. The summed E-state index contributed by atoms with van der Waals surface area (Å²) in [7, 11) is 0. The van der Waals surface area contributed by atoms with Crippen molar-refractivity contribution in [2.75, 3.05) is 10.7 Å². The summed E-state index contributed by atoms with van der Waals surface area (Å²) in [5, 5.41) is 8.27. The van der Waals surface area contributed by atoms with Gasteiger partial charge in [0.05, 0.1) is 11.7 Å². The average Bonchev–Trinajstić information content (AvgIpc) is 3.50. The molecule has 2 heterocycles. The summed E-state index contributed by atoms with van der Waals surface area (Å²) in [6.45, 7) is 10.7. The standard InChI is InChI=1S/C34H37F3N6O2S/c1-6-28(39-32(44)40-33-43(23(5)18-19-46-33)29-9-7-8-22(4)30(29)21(2)3)24-10-12-25(13-11-24)31-38-20-42(41-31)26-14-16-27(17-15-26)45-34(35,36)37/h7-17,20-21,23,28H,6,18-19H2,1-5H3,(H,39,44)/b40-33-. The summed E-state index contributed by atoms with van der Waals surface area (Å²) in [5.74, 6) is 1.36. The fourth-order valence-corrected chi connectivity index (χ4v) is 6.84. The van der Waals surface area contributed by atoms with Crippen LogP contribution in [0.2, 0.25) is 0 Å². The van der Waals surface area contributed by atoms with E-state index in [-0.39, 0.29) is 23.9 Å². The number of aromatic nitrogens is 3. The highest BCUT2D eigenvalue weighted by Crippen LogP contribution is 2.36. The van der Waals surface area contributed by atoms with Crippen molar-refractivity contribution >= 4 is 28.6 Å². The second-order valence-corrected chi connectivity index (χ2v) is 12.6. The lowest BCUT2D eigenvalue weighted by Gasteiger charge is -2.37. The maximum atomic E-state index is 13.3. The zero-order chi connectivity index (χ0) is 33.0. The molecule has 0 radical (unpaired) electrons. The Bertz CT molecular complexity index is 1690. The summed E-state index contributed by atoms with van der Waals surface area (Å²) in [5.41, 5.74) is 5.80. The molecule has 8 nitrogen and oxygen atoms in total. The van der Waals surface area contributed by atoms with E-state index in [9.17, 15) is 18.0 Å². The van der Waals surface area contributed by atoms with Gasteiger partial charge in [0.1, 0.15) is 12.1 Å². The molecule has 12 heteroatoms. The summed E-state index contributed by atoms with van der Waals surface area (Å²) >= 11 is 1.61. The van der Waals surface area contributed by atoms with Crippen molar-refractivity contribution in [2.45, 2.75) is 71.8 Å². The second kappa shape index (κ2) is 14.0. The number of hydrogen-bond donors (Lipinski definition) is 1. The summed E-state index contributed by atoms with van der Waals surface area (Å²) in [6, 6.07) is 18.9. The lowest BCUT2D eigenvalue weighted by atomic mass is 9.95. The minimum absolute atomic E-state index is 0.210. The van der Waals surface area contributed by atoms with Crippen LogP contribution in [0.25, 0.3) is 17.1 Å². The predicted octanol–water partition coefficient (Wildman–Crippen LogP) is 8.81. The number of benzene rings is 3. The number of nitrogens with one attached hydrogen (secondary N) is 1. The lowest BCUT2D eigenvalue weighted by molar-refractivity contribution is -0.274. The fraction of sp³-hybridized carbons (Fsp3) is 0.353. The number of urea groups is 1. The summed E-state index contributed by atoms with van der Waals surface area (Å²) < 4.78 is 42.8. The van der Waals surface area contributed by atoms with E-state index in [2.05, 4.69) is 75.9 Å².